The molecule has 0 saturated carbocycles. The van der Waals surface area contributed by atoms with Gasteiger partial charge in [0.15, 0.2) is 0 Å². The number of hydrogen-bond donors (Lipinski definition) is 0. The molecule has 0 aliphatic heterocycles. The monoisotopic (exact) mass is 279 g/mol. The Kier molecular flexibility index (Phi) is 8.99. The van der Waals surface area contributed by atoms with Crippen LogP contribution in [0.4, 0.5) is 0 Å². The largest absolute Gasteiger partial charge is 0.389 e. The van der Waals surface area contributed by atoms with Crippen molar-refractivity contribution in [2.45, 2.75) is 46.6 Å². The second-order valence-electron chi connectivity index (χ2n) is 4.20. The zero-order valence-corrected chi connectivity index (χ0v) is 12.7. The van der Waals surface area contributed by atoms with Gasteiger partial charge in [0, 0.05) is 12.2 Å². The Labute approximate surface area is 108 Å². The lowest BCUT2D eigenvalue weighted by Crippen LogP contribution is -2.07. The van der Waals surface area contributed by atoms with Crippen molar-refractivity contribution in [3.8, 4) is 6.07 Å². The van der Waals surface area contributed by atoms with Gasteiger partial charge in [0.1, 0.15) is 0 Å². The van der Waals surface area contributed by atoms with Crippen molar-refractivity contribution in [3.63, 3.8) is 0 Å². The van der Waals surface area contributed by atoms with Crippen molar-refractivity contribution in [3.05, 3.63) is 0 Å². The molecular formula is C11H22NO3PS. The minimum absolute atomic E-state index is 0.0948. The van der Waals surface area contributed by atoms with Crippen LogP contribution in [0.15, 0.2) is 0 Å². The summed E-state index contributed by atoms with van der Waals surface area (Å²) in [7, 11) is 0. The zero-order chi connectivity index (χ0) is 13.3. The lowest BCUT2D eigenvalue weighted by atomic mass is 10.2. The predicted octanol–water partition coefficient (Wildman–Crippen LogP) is 4.23. The number of nitriles is 1. The van der Waals surface area contributed by atoms with Crippen LogP contribution in [0.25, 0.3) is 0 Å². The highest BCUT2D eigenvalue weighted by atomic mass is 32.7. The van der Waals surface area contributed by atoms with Gasteiger partial charge in [-0.15, -0.1) is 0 Å². The first-order valence-corrected chi connectivity index (χ1v) is 9.01. The first-order valence-electron chi connectivity index (χ1n) is 5.88. The fourth-order valence-corrected chi connectivity index (χ4v) is 4.48. The average Bonchev–Trinajstić information content (AvgIpc) is 2.27. The highest BCUT2D eigenvalue weighted by Crippen LogP contribution is 2.61. The molecule has 0 aliphatic rings. The van der Waals surface area contributed by atoms with Gasteiger partial charge < -0.3 is 4.52 Å². The second-order valence-corrected chi connectivity index (χ2v) is 8.35. The molecule has 0 fully saturated rings. The molecule has 0 bridgehead atoms. The van der Waals surface area contributed by atoms with E-state index in [4.69, 9.17) is 14.3 Å². The van der Waals surface area contributed by atoms with Crippen LogP contribution in [-0.2, 0) is 13.6 Å². The van der Waals surface area contributed by atoms with Crippen LogP contribution in [0.5, 0.6) is 0 Å². The van der Waals surface area contributed by atoms with E-state index in [1.807, 2.05) is 33.8 Å². The van der Waals surface area contributed by atoms with E-state index in [0.717, 1.165) is 17.8 Å². The Morgan fingerprint density at radius 2 is 2.06 bits per heavy atom. The van der Waals surface area contributed by atoms with Crippen molar-refractivity contribution in [1.29, 1.82) is 5.26 Å². The smallest absolute Gasteiger partial charge is 0.300 e. The summed E-state index contributed by atoms with van der Waals surface area (Å²) < 4.78 is 23.2. The predicted molar refractivity (Wildman–Crippen MR) is 71.9 cm³/mol. The van der Waals surface area contributed by atoms with Crippen LogP contribution < -0.4 is 0 Å². The maximum atomic E-state index is 12.4. The first kappa shape index (κ1) is 17.0. The third-order valence-electron chi connectivity index (χ3n) is 1.91. The summed E-state index contributed by atoms with van der Waals surface area (Å²) in [6, 6.07) is 2.02. The summed E-state index contributed by atoms with van der Waals surface area (Å²) in [4.78, 5) is 0. The molecule has 0 spiro atoms. The Morgan fingerprint density at radius 1 is 1.41 bits per heavy atom. The highest BCUT2D eigenvalue weighted by molar-refractivity contribution is 8.55. The number of hydrogen-bond acceptors (Lipinski definition) is 5. The van der Waals surface area contributed by atoms with Gasteiger partial charge in [-0.25, -0.2) is 4.57 Å². The van der Waals surface area contributed by atoms with Crippen molar-refractivity contribution < 1.29 is 13.6 Å². The first-order chi connectivity index (χ1) is 7.93. The molecule has 0 heterocycles. The van der Waals surface area contributed by atoms with Crippen LogP contribution in [0, 0.1) is 17.2 Å². The molecule has 0 rings (SSSR count). The maximum Gasteiger partial charge on any atom is 0.389 e. The van der Waals surface area contributed by atoms with E-state index in [2.05, 4.69) is 0 Å². The van der Waals surface area contributed by atoms with Crippen LogP contribution in [0.2, 0.25) is 0 Å². The molecule has 0 aromatic rings. The summed E-state index contributed by atoms with van der Waals surface area (Å²) in [5.41, 5.74) is 0. The fraction of sp³-hybridized carbons (Fsp3) is 0.909. The molecule has 2 atom stereocenters. The van der Waals surface area contributed by atoms with Crippen LogP contribution in [-0.4, -0.2) is 18.5 Å². The molecule has 17 heavy (non-hydrogen) atoms. The van der Waals surface area contributed by atoms with Gasteiger partial charge in [-0.3, -0.25) is 4.52 Å². The van der Waals surface area contributed by atoms with Gasteiger partial charge in [-0.05, 0) is 30.6 Å². The quantitative estimate of drug-likeness (QED) is 0.467. The summed E-state index contributed by atoms with van der Waals surface area (Å²) >= 11 is 1.12. The molecule has 0 aliphatic carbocycles. The van der Waals surface area contributed by atoms with Gasteiger partial charge in [-0.2, -0.15) is 5.26 Å². The summed E-state index contributed by atoms with van der Waals surface area (Å²) in [5.74, 6) is 0.780. The second kappa shape index (κ2) is 8.99. The average molecular weight is 279 g/mol. The van der Waals surface area contributed by atoms with Crippen LogP contribution in [0.1, 0.15) is 40.5 Å². The lowest BCUT2D eigenvalue weighted by Gasteiger charge is -2.21. The van der Waals surface area contributed by atoms with Gasteiger partial charge in [0.05, 0.1) is 18.8 Å². The van der Waals surface area contributed by atoms with Gasteiger partial charge in [0.25, 0.3) is 0 Å². The van der Waals surface area contributed by atoms with Crippen molar-refractivity contribution in [2.75, 3.05) is 12.4 Å². The Morgan fingerprint density at radius 3 is 2.53 bits per heavy atom. The molecule has 0 aromatic carbocycles. The topological polar surface area (TPSA) is 59.3 Å². The number of rotatable bonds is 9. The van der Waals surface area contributed by atoms with E-state index in [0.29, 0.717) is 24.7 Å². The Hall–Kier alpha value is -0.01000. The van der Waals surface area contributed by atoms with Crippen molar-refractivity contribution in [2.24, 2.45) is 5.92 Å². The third-order valence-corrected chi connectivity index (χ3v) is 5.77. The molecular weight excluding hydrogens is 257 g/mol. The van der Waals surface area contributed by atoms with E-state index < -0.39 is 6.80 Å². The Balaban J connectivity index is 4.35. The molecule has 0 saturated heterocycles. The van der Waals surface area contributed by atoms with Crippen LogP contribution in [0.3, 0.4) is 0 Å². The van der Waals surface area contributed by atoms with Crippen LogP contribution >= 0.6 is 18.2 Å². The van der Waals surface area contributed by atoms with Gasteiger partial charge in [-0.1, -0.05) is 20.8 Å². The summed E-state index contributed by atoms with van der Waals surface area (Å²) in [6.45, 7) is 5.13. The van der Waals surface area contributed by atoms with E-state index in [1.54, 1.807) is 0 Å². The molecule has 4 nitrogen and oxygen atoms in total. The number of nitrogens with zero attached hydrogens (tertiary/aromatic N) is 1. The molecule has 0 N–H and O–H groups in total. The van der Waals surface area contributed by atoms with E-state index in [-0.39, 0.29) is 6.10 Å². The SMILES string of the molecule is CCC(C)OP(=O)(OCC(C)C)SCCC#N. The van der Waals surface area contributed by atoms with Crippen molar-refractivity contribution >= 4 is 18.2 Å². The minimum Gasteiger partial charge on any atom is -0.300 e. The van der Waals surface area contributed by atoms with E-state index in [1.165, 1.54) is 0 Å². The lowest BCUT2D eigenvalue weighted by molar-refractivity contribution is 0.158. The molecule has 0 amide bonds. The summed E-state index contributed by atoms with van der Waals surface area (Å²) in [6.07, 6.45) is 1.04. The highest BCUT2D eigenvalue weighted by Gasteiger charge is 2.28. The van der Waals surface area contributed by atoms with Crippen molar-refractivity contribution in [1.82, 2.24) is 0 Å². The molecule has 2 unspecified atom stereocenters. The standard InChI is InChI=1S/C11H22NO3PS/c1-5-11(4)15-16(13,14-9-10(2)3)17-8-6-7-12/h10-11H,5-6,8-9H2,1-4H3. The molecule has 0 radical (unpaired) electrons. The molecule has 100 valence electrons. The molecule has 6 heteroatoms. The van der Waals surface area contributed by atoms with E-state index in [9.17, 15) is 4.57 Å². The zero-order valence-electron chi connectivity index (χ0n) is 11.0. The Bertz CT molecular complexity index is 291. The normalized spacial score (nSPS) is 16.5. The maximum absolute atomic E-state index is 12.4. The van der Waals surface area contributed by atoms with Gasteiger partial charge >= 0.3 is 6.80 Å². The van der Waals surface area contributed by atoms with Gasteiger partial charge in [0.2, 0.25) is 0 Å². The minimum atomic E-state index is -3.11. The fourth-order valence-electron chi connectivity index (χ4n) is 0.836. The summed E-state index contributed by atoms with van der Waals surface area (Å²) in [5, 5.41) is 8.47. The molecule has 0 aromatic heterocycles. The third kappa shape index (κ3) is 8.68. The van der Waals surface area contributed by atoms with E-state index >= 15 is 0 Å².